The van der Waals surface area contributed by atoms with Gasteiger partial charge < -0.3 is 14.6 Å². The van der Waals surface area contributed by atoms with E-state index in [1.54, 1.807) is 20.1 Å². The molecule has 2 aromatic rings. The maximum absolute atomic E-state index is 11.1. The normalized spacial score (nSPS) is 18.6. The van der Waals surface area contributed by atoms with Gasteiger partial charge in [-0.15, -0.1) is 11.8 Å². The van der Waals surface area contributed by atoms with E-state index >= 15 is 0 Å². The van der Waals surface area contributed by atoms with Gasteiger partial charge in [-0.1, -0.05) is 6.07 Å². The number of ether oxygens (including phenoxy) is 2. The number of nitrogens with one attached hydrogen (secondary N) is 1. The zero-order chi connectivity index (χ0) is 20.3. The van der Waals surface area contributed by atoms with Crippen molar-refractivity contribution in [1.82, 2.24) is 5.32 Å². The van der Waals surface area contributed by atoms with Crippen molar-refractivity contribution in [3.05, 3.63) is 63.2 Å². The molecule has 2 atom stereocenters. The van der Waals surface area contributed by atoms with Crippen LogP contribution in [0.5, 0.6) is 11.5 Å². The fourth-order valence-corrected chi connectivity index (χ4v) is 4.17. The van der Waals surface area contributed by atoms with E-state index in [9.17, 15) is 14.9 Å². The lowest BCUT2D eigenvalue weighted by Gasteiger charge is -2.16. The van der Waals surface area contributed by atoms with Gasteiger partial charge in [0.25, 0.3) is 5.69 Å². The number of aryl methyl sites for hydroxylation is 1. The van der Waals surface area contributed by atoms with E-state index in [1.807, 2.05) is 18.2 Å². The van der Waals surface area contributed by atoms with Crippen molar-refractivity contribution < 1.29 is 24.3 Å². The van der Waals surface area contributed by atoms with Crippen LogP contribution in [0, 0.1) is 17.0 Å². The molecule has 148 valence electrons. The Kier molecular flexibility index (Phi) is 6.05. The fraction of sp³-hybridized carbons (Fsp3) is 0.316. The van der Waals surface area contributed by atoms with Gasteiger partial charge in [0.1, 0.15) is 24.1 Å². The quantitative estimate of drug-likeness (QED) is 0.534. The minimum Gasteiger partial charge on any atom is -0.496 e. The van der Waals surface area contributed by atoms with Gasteiger partial charge in [0.15, 0.2) is 0 Å². The van der Waals surface area contributed by atoms with Crippen LogP contribution in [0.25, 0.3) is 0 Å². The molecule has 0 amide bonds. The number of nitro groups is 1. The predicted molar refractivity (Wildman–Crippen MR) is 105 cm³/mol. The first-order valence-corrected chi connectivity index (χ1v) is 9.59. The average molecular weight is 404 g/mol. The highest BCUT2D eigenvalue weighted by molar-refractivity contribution is 7.99. The molecule has 0 saturated carbocycles. The summed E-state index contributed by atoms with van der Waals surface area (Å²) in [5.74, 6) is 0.846. The van der Waals surface area contributed by atoms with Crippen molar-refractivity contribution >= 4 is 23.4 Å². The van der Waals surface area contributed by atoms with Crippen molar-refractivity contribution in [2.24, 2.45) is 0 Å². The largest absolute Gasteiger partial charge is 0.496 e. The lowest BCUT2D eigenvalue weighted by molar-refractivity contribution is -0.384. The molecule has 3 rings (SSSR count). The first-order chi connectivity index (χ1) is 13.4. The van der Waals surface area contributed by atoms with Crippen LogP contribution in [0.15, 0.2) is 36.4 Å². The van der Waals surface area contributed by atoms with Crippen LogP contribution in [-0.4, -0.2) is 34.9 Å². The third-order valence-corrected chi connectivity index (χ3v) is 5.71. The zero-order valence-electron chi connectivity index (χ0n) is 15.4. The summed E-state index contributed by atoms with van der Waals surface area (Å²) in [4.78, 5) is 21.6. The Labute approximate surface area is 166 Å². The molecule has 0 bridgehead atoms. The smallest absolute Gasteiger partial charge is 0.321 e. The highest BCUT2D eigenvalue weighted by atomic mass is 32.2. The van der Waals surface area contributed by atoms with E-state index in [0.29, 0.717) is 22.8 Å². The molecule has 0 aromatic heterocycles. The second kappa shape index (κ2) is 8.49. The number of carbonyl (C=O) groups is 1. The van der Waals surface area contributed by atoms with E-state index in [-0.39, 0.29) is 17.7 Å². The highest BCUT2D eigenvalue weighted by Gasteiger charge is 2.30. The Hall–Kier alpha value is -2.78. The molecule has 9 heteroatoms. The summed E-state index contributed by atoms with van der Waals surface area (Å²) in [6.07, 6.45) is 0. The standard InChI is InChI=1S/C19H20N2O6S/c1-11-7-14(21(24)25)4-6-16(11)27-9-13-8-12(3-5-17(13)26-2)18-20-15(10-28-18)19(22)23/h3-8,15,18,20H,9-10H2,1-2H3,(H,22,23). The molecule has 28 heavy (non-hydrogen) atoms. The number of hydrogen-bond acceptors (Lipinski definition) is 7. The van der Waals surface area contributed by atoms with E-state index in [4.69, 9.17) is 14.6 Å². The first kappa shape index (κ1) is 20.0. The number of carboxylic acid groups (broad SMARTS) is 1. The number of aliphatic carboxylic acids is 1. The molecule has 1 saturated heterocycles. The second-order valence-corrected chi connectivity index (χ2v) is 7.48. The van der Waals surface area contributed by atoms with Crippen molar-refractivity contribution in [2.45, 2.75) is 24.9 Å². The van der Waals surface area contributed by atoms with Crippen LogP contribution in [-0.2, 0) is 11.4 Å². The lowest BCUT2D eigenvalue weighted by Crippen LogP contribution is -2.33. The van der Waals surface area contributed by atoms with Gasteiger partial charge in [0.05, 0.1) is 17.4 Å². The number of methoxy groups -OCH3 is 1. The van der Waals surface area contributed by atoms with Gasteiger partial charge in [-0.2, -0.15) is 0 Å². The van der Waals surface area contributed by atoms with E-state index < -0.39 is 16.9 Å². The van der Waals surface area contributed by atoms with Crippen LogP contribution in [0.4, 0.5) is 5.69 Å². The molecule has 1 aliphatic heterocycles. The number of nitro benzene ring substituents is 1. The minimum atomic E-state index is -0.860. The molecule has 0 spiro atoms. The number of rotatable bonds is 7. The maximum atomic E-state index is 11.1. The number of hydrogen-bond donors (Lipinski definition) is 2. The summed E-state index contributed by atoms with van der Waals surface area (Å²) in [6.45, 7) is 1.97. The number of benzene rings is 2. The highest BCUT2D eigenvalue weighted by Crippen LogP contribution is 2.35. The summed E-state index contributed by atoms with van der Waals surface area (Å²) in [7, 11) is 1.57. The van der Waals surface area contributed by atoms with Gasteiger partial charge in [-0.25, -0.2) is 0 Å². The molecule has 0 aliphatic carbocycles. The molecular formula is C19H20N2O6S. The first-order valence-electron chi connectivity index (χ1n) is 8.54. The van der Waals surface area contributed by atoms with Gasteiger partial charge in [0.2, 0.25) is 0 Å². The second-order valence-electron chi connectivity index (χ2n) is 6.34. The van der Waals surface area contributed by atoms with Crippen LogP contribution in [0.2, 0.25) is 0 Å². The monoisotopic (exact) mass is 404 g/mol. The Morgan fingerprint density at radius 3 is 2.68 bits per heavy atom. The summed E-state index contributed by atoms with van der Waals surface area (Å²) in [5.41, 5.74) is 2.43. The Balaban J connectivity index is 1.76. The number of nitrogens with zero attached hydrogens (tertiary/aromatic N) is 1. The molecule has 1 aliphatic rings. The molecule has 0 radical (unpaired) electrons. The molecule has 2 N–H and O–H groups in total. The topological polar surface area (TPSA) is 111 Å². The SMILES string of the molecule is COc1ccc(C2NC(C(=O)O)CS2)cc1COc1ccc([N+](=O)[O-])cc1C. The Bertz CT molecular complexity index is 904. The number of carboxylic acids is 1. The van der Waals surface area contributed by atoms with Crippen LogP contribution >= 0.6 is 11.8 Å². The number of non-ortho nitro benzene ring substituents is 1. The van der Waals surface area contributed by atoms with Crippen molar-refractivity contribution in [3.63, 3.8) is 0 Å². The van der Waals surface area contributed by atoms with Crippen LogP contribution < -0.4 is 14.8 Å². The number of thioether (sulfide) groups is 1. The minimum absolute atomic E-state index is 0.0155. The fourth-order valence-electron chi connectivity index (χ4n) is 2.95. The summed E-state index contributed by atoms with van der Waals surface area (Å²) in [5, 5.41) is 23.0. The molecule has 2 unspecified atom stereocenters. The predicted octanol–water partition coefficient (Wildman–Crippen LogP) is 3.28. The maximum Gasteiger partial charge on any atom is 0.321 e. The van der Waals surface area contributed by atoms with Crippen LogP contribution in [0.3, 0.4) is 0 Å². The average Bonchev–Trinajstić information content (AvgIpc) is 3.17. The molecular weight excluding hydrogens is 384 g/mol. The van der Waals surface area contributed by atoms with Gasteiger partial charge >= 0.3 is 5.97 Å². The van der Waals surface area contributed by atoms with Crippen molar-refractivity contribution in [1.29, 1.82) is 0 Å². The van der Waals surface area contributed by atoms with E-state index in [0.717, 1.165) is 11.1 Å². The van der Waals surface area contributed by atoms with Gasteiger partial charge in [-0.3, -0.25) is 20.2 Å². The van der Waals surface area contributed by atoms with E-state index in [2.05, 4.69) is 5.32 Å². The van der Waals surface area contributed by atoms with Gasteiger partial charge in [-0.05, 0) is 36.2 Å². The van der Waals surface area contributed by atoms with Crippen molar-refractivity contribution in [2.75, 3.05) is 12.9 Å². The van der Waals surface area contributed by atoms with Crippen molar-refractivity contribution in [3.8, 4) is 11.5 Å². The third-order valence-electron chi connectivity index (χ3n) is 4.44. The molecule has 8 nitrogen and oxygen atoms in total. The van der Waals surface area contributed by atoms with E-state index in [1.165, 1.54) is 23.9 Å². The lowest BCUT2D eigenvalue weighted by atomic mass is 10.1. The Morgan fingerprint density at radius 1 is 1.32 bits per heavy atom. The summed E-state index contributed by atoms with van der Waals surface area (Å²) < 4.78 is 11.3. The summed E-state index contributed by atoms with van der Waals surface area (Å²) >= 11 is 1.54. The summed E-state index contributed by atoms with van der Waals surface area (Å²) in [6, 6.07) is 9.53. The molecule has 1 fully saturated rings. The third kappa shape index (κ3) is 4.37. The van der Waals surface area contributed by atoms with Gasteiger partial charge in [0, 0.05) is 23.4 Å². The Morgan fingerprint density at radius 2 is 2.07 bits per heavy atom. The van der Waals surface area contributed by atoms with Crippen LogP contribution in [0.1, 0.15) is 22.1 Å². The molecule has 1 heterocycles. The molecule has 2 aromatic carbocycles. The zero-order valence-corrected chi connectivity index (χ0v) is 16.2.